The van der Waals surface area contributed by atoms with Crippen molar-refractivity contribution in [3.8, 4) is 0 Å². The van der Waals surface area contributed by atoms with E-state index in [1.165, 1.54) is 33.9 Å². The molecule has 0 aliphatic heterocycles. The molecule has 1 aromatic carbocycles. The average molecular weight is 346 g/mol. The Hall–Kier alpha value is -2.21. The lowest BCUT2D eigenvalue weighted by Gasteiger charge is -2.16. The van der Waals surface area contributed by atoms with Crippen LogP contribution in [0.2, 0.25) is 0 Å². The Labute approximate surface area is 144 Å². The molecule has 4 nitrogen and oxygen atoms in total. The molecule has 2 N–H and O–H groups in total. The first-order chi connectivity index (χ1) is 11.4. The van der Waals surface area contributed by atoms with E-state index in [2.05, 4.69) is 17.8 Å². The molecule has 0 saturated carbocycles. The fourth-order valence-electron chi connectivity index (χ4n) is 2.80. The van der Waals surface area contributed by atoms with Gasteiger partial charge in [0.05, 0.1) is 4.88 Å². The van der Waals surface area contributed by atoms with Crippen molar-refractivity contribution in [3.63, 3.8) is 0 Å². The number of hydrogen-bond acceptors (Lipinski definition) is 3. The quantitative estimate of drug-likeness (QED) is 0.819. The molecule has 1 atom stereocenters. The lowest BCUT2D eigenvalue weighted by atomic mass is 9.90. The number of amides is 2. The molecule has 0 bridgehead atoms. The van der Waals surface area contributed by atoms with Crippen LogP contribution >= 0.6 is 11.3 Å². The first-order valence-electron chi connectivity index (χ1n) is 7.92. The smallest absolute Gasteiger partial charge is 0.267 e. The van der Waals surface area contributed by atoms with Crippen molar-refractivity contribution in [1.82, 2.24) is 10.9 Å². The zero-order valence-corrected chi connectivity index (χ0v) is 14.4. The molecule has 126 valence electrons. The van der Waals surface area contributed by atoms with Gasteiger partial charge in [-0.2, -0.15) is 0 Å². The van der Waals surface area contributed by atoms with Crippen LogP contribution in [0.15, 0.2) is 24.3 Å². The van der Waals surface area contributed by atoms with Crippen molar-refractivity contribution < 1.29 is 14.0 Å². The molecule has 1 aromatic heterocycles. The van der Waals surface area contributed by atoms with Crippen LogP contribution in [0.5, 0.6) is 0 Å². The van der Waals surface area contributed by atoms with Gasteiger partial charge in [-0.3, -0.25) is 20.4 Å². The topological polar surface area (TPSA) is 58.2 Å². The highest BCUT2D eigenvalue weighted by molar-refractivity contribution is 7.14. The third-order valence-corrected chi connectivity index (χ3v) is 5.51. The van der Waals surface area contributed by atoms with E-state index in [1.807, 2.05) is 6.07 Å². The first kappa shape index (κ1) is 16.6. The monoisotopic (exact) mass is 346 g/mol. The van der Waals surface area contributed by atoms with Crippen LogP contribution in [-0.4, -0.2) is 11.8 Å². The molecule has 6 heteroatoms. The summed E-state index contributed by atoms with van der Waals surface area (Å²) in [4.78, 5) is 26.0. The van der Waals surface area contributed by atoms with E-state index in [9.17, 15) is 14.0 Å². The predicted molar refractivity (Wildman–Crippen MR) is 91.6 cm³/mol. The summed E-state index contributed by atoms with van der Waals surface area (Å²) in [6.45, 7) is 3.83. The lowest BCUT2D eigenvalue weighted by molar-refractivity contribution is 0.0848. The van der Waals surface area contributed by atoms with E-state index in [1.54, 1.807) is 6.92 Å². The van der Waals surface area contributed by atoms with Crippen LogP contribution in [-0.2, 0) is 12.8 Å². The van der Waals surface area contributed by atoms with Crippen LogP contribution in [0.1, 0.15) is 49.4 Å². The second-order valence-corrected chi connectivity index (χ2v) is 7.42. The maximum atomic E-state index is 13.5. The maximum Gasteiger partial charge on any atom is 0.279 e. The average Bonchev–Trinajstić information content (AvgIpc) is 2.98. The number of fused-ring (bicyclic) bond motifs is 1. The van der Waals surface area contributed by atoms with Crippen molar-refractivity contribution in [3.05, 3.63) is 56.5 Å². The number of carbonyl (C=O) groups excluding carboxylic acids is 2. The molecule has 3 rings (SSSR count). The fourth-order valence-corrected chi connectivity index (χ4v) is 3.90. The van der Waals surface area contributed by atoms with Gasteiger partial charge in [-0.05, 0) is 61.4 Å². The number of thiophene rings is 1. The minimum Gasteiger partial charge on any atom is -0.267 e. The van der Waals surface area contributed by atoms with Gasteiger partial charge in [0, 0.05) is 10.4 Å². The highest BCUT2D eigenvalue weighted by Crippen LogP contribution is 2.32. The second kappa shape index (κ2) is 6.73. The maximum absolute atomic E-state index is 13.5. The molecule has 2 aromatic rings. The van der Waals surface area contributed by atoms with Crippen LogP contribution in [0.3, 0.4) is 0 Å². The number of halogens is 1. The van der Waals surface area contributed by atoms with Crippen molar-refractivity contribution in [2.24, 2.45) is 5.92 Å². The van der Waals surface area contributed by atoms with Crippen molar-refractivity contribution >= 4 is 23.2 Å². The Morgan fingerprint density at radius 3 is 2.71 bits per heavy atom. The SMILES string of the molecule is Cc1ccc(C(=O)NNC(=O)c2cc3c(s2)CCC(C)C3)cc1F. The third kappa shape index (κ3) is 3.48. The molecular weight excluding hydrogens is 327 g/mol. The van der Waals surface area contributed by atoms with Gasteiger partial charge in [-0.25, -0.2) is 4.39 Å². The van der Waals surface area contributed by atoms with Gasteiger partial charge in [0.2, 0.25) is 0 Å². The number of rotatable bonds is 2. The summed E-state index contributed by atoms with van der Waals surface area (Å²) >= 11 is 1.47. The lowest BCUT2D eigenvalue weighted by Crippen LogP contribution is -2.41. The summed E-state index contributed by atoms with van der Waals surface area (Å²) in [7, 11) is 0. The summed E-state index contributed by atoms with van der Waals surface area (Å²) in [5, 5.41) is 0. The van der Waals surface area contributed by atoms with Crippen molar-refractivity contribution in [2.75, 3.05) is 0 Å². The highest BCUT2D eigenvalue weighted by atomic mass is 32.1. The Morgan fingerprint density at radius 2 is 1.96 bits per heavy atom. The Morgan fingerprint density at radius 1 is 1.21 bits per heavy atom. The van der Waals surface area contributed by atoms with Crippen LogP contribution in [0.25, 0.3) is 0 Å². The second-order valence-electron chi connectivity index (χ2n) is 6.28. The number of hydrogen-bond donors (Lipinski definition) is 2. The molecule has 1 aliphatic carbocycles. The van der Waals surface area contributed by atoms with Gasteiger partial charge in [0.15, 0.2) is 0 Å². The Balaban J connectivity index is 1.63. The zero-order valence-electron chi connectivity index (χ0n) is 13.6. The number of hydrazine groups is 1. The third-order valence-electron chi connectivity index (χ3n) is 4.28. The molecule has 1 aliphatic rings. The minimum atomic E-state index is -0.544. The van der Waals surface area contributed by atoms with Gasteiger partial charge in [0.25, 0.3) is 11.8 Å². The largest absolute Gasteiger partial charge is 0.279 e. The van der Waals surface area contributed by atoms with Crippen molar-refractivity contribution in [1.29, 1.82) is 0 Å². The van der Waals surface area contributed by atoms with Crippen LogP contribution in [0, 0.1) is 18.7 Å². The predicted octanol–water partition coefficient (Wildman–Crippen LogP) is 3.40. The number of carbonyl (C=O) groups is 2. The summed E-state index contributed by atoms with van der Waals surface area (Å²) in [5.41, 5.74) is 6.60. The number of aryl methyl sites for hydroxylation is 2. The molecular formula is C18H19FN2O2S. The van der Waals surface area contributed by atoms with E-state index in [0.717, 1.165) is 25.3 Å². The summed E-state index contributed by atoms with van der Waals surface area (Å²) in [6, 6.07) is 6.11. The molecule has 0 spiro atoms. The first-order valence-corrected chi connectivity index (χ1v) is 8.74. The van der Waals surface area contributed by atoms with E-state index >= 15 is 0 Å². The molecule has 0 fully saturated rings. The van der Waals surface area contributed by atoms with E-state index in [0.29, 0.717) is 16.4 Å². The molecule has 2 amide bonds. The molecule has 24 heavy (non-hydrogen) atoms. The fraction of sp³-hybridized carbons (Fsp3) is 0.333. The standard InChI is InChI=1S/C18H19FN2O2S/c1-10-3-6-15-13(7-10)9-16(24-15)18(23)21-20-17(22)12-5-4-11(2)14(19)8-12/h4-5,8-10H,3,6-7H2,1-2H3,(H,20,22)(H,21,23). The van der Waals surface area contributed by atoms with Gasteiger partial charge in [0.1, 0.15) is 5.82 Å². The number of benzene rings is 1. The van der Waals surface area contributed by atoms with Gasteiger partial charge in [-0.15, -0.1) is 11.3 Å². The Kier molecular flexibility index (Phi) is 4.66. The number of nitrogens with one attached hydrogen (secondary N) is 2. The Bertz CT molecular complexity index is 800. The van der Waals surface area contributed by atoms with Crippen molar-refractivity contribution in [2.45, 2.75) is 33.1 Å². The van der Waals surface area contributed by atoms with Gasteiger partial charge < -0.3 is 0 Å². The normalized spacial score (nSPS) is 16.4. The highest BCUT2D eigenvalue weighted by Gasteiger charge is 2.21. The molecule has 0 saturated heterocycles. The molecule has 0 radical (unpaired) electrons. The van der Waals surface area contributed by atoms with Gasteiger partial charge in [-0.1, -0.05) is 13.0 Å². The summed E-state index contributed by atoms with van der Waals surface area (Å²) in [6.07, 6.45) is 3.14. The minimum absolute atomic E-state index is 0.165. The summed E-state index contributed by atoms with van der Waals surface area (Å²) < 4.78 is 13.5. The summed E-state index contributed by atoms with van der Waals surface area (Å²) in [5.74, 6) is -0.701. The molecule has 1 heterocycles. The molecule has 1 unspecified atom stereocenters. The van der Waals surface area contributed by atoms with Crippen LogP contribution in [0.4, 0.5) is 4.39 Å². The van der Waals surface area contributed by atoms with Gasteiger partial charge >= 0.3 is 0 Å². The van der Waals surface area contributed by atoms with E-state index < -0.39 is 11.7 Å². The van der Waals surface area contributed by atoms with Crippen LogP contribution < -0.4 is 10.9 Å². The zero-order chi connectivity index (χ0) is 17.3. The van der Waals surface area contributed by atoms with E-state index in [-0.39, 0.29) is 11.5 Å². The van der Waals surface area contributed by atoms with E-state index in [4.69, 9.17) is 0 Å².